The highest BCUT2D eigenvalue weighted by Gasteiger charge is 2.58. The van der Waals surface area contributed by atoms with Crippen molar-refractivity contribution in [3.8, 4) is 11.1 Å². The van der Waals surface area contributed by atoms with Crippen LogP contribution in [0.3, 0.4) is 0 Å². The number of hydrogen-bond donors (Lipinski definition) is 0. The van der Waals surface area contributed by atoms with Crippen LogP contribution in [0, 0.1) is 24.7 Å². The Labute approximate surface area is 223 Å². The molecule has 3 aliphatic carbocycles. The molecule has 5 aliphatic rings. The smallest absolute Gasteiger partial charge is 0.256 e. The second-order valence-electron chi connectivity index (χ2n) is 12.0. The molecule has 38 heavy (non-hydrogen) atoms. The van der Waals surface area contributed by atoms with Gasteiger partial charge in [-0.2, -0.15) is 0 Å². The molecule has 0 radical (unpaired) electrons. The number of nitrogens with zero attached hydrogens (tertiary/aromatic N) is 4. The van der Waals surface area contributed by atoms with E-state index in [2.05, 4.69) is 37.3 Å². The predicted octanol–water partition coefficient (Wildman–Crippen LogP) is 4.02. The largest absolute Gasteiger partial charge is 0.342 e. The van der Waals surface area contributed by atoms with E-state index in [4.69, 9.17) is 4.99 Å². The summed E-state index contributed by atoms with van der Waals surface area (Å²) in [5, 5.41) is 0. The first-order valence-corrected chi connectivity index (χ1v) is 14.0. The van der Waals surface area contributed by atoms with E-state index >= 15 is 0 Å². The van der Waals surface area contributed by atoms with Crippen LogP contribution >= 0.6 is 0 Å². The van der Waals surface area contributed by atoms with Crippen molar-refractivity contribution in [3.63, 3.8) is 0 Å². The van der Waals surface area contributed by atoms with Gasteiger partial charge in [-0.15, -0.1) is 0 Å². The van der Waals surface area contributed by atoms with Gasteiger partial charge in [0, 0.05) is 55.7 Å². The fourth-order valence-electron chi connectivity index (χ4n) is 5.91. The second-order valence-corrected chi connectivity index (χ2v) is 12.0. The number of likely N-dealkylation sites (tertiary alicyclic amines) is 1. The molecule has 0 bridgehead atoms. The fraction of sp³-hybridized carbons (Fsp3) is 0.484. The summed E-state index contributed by atoms with van der Waals surface area (Å²) in [7, 11) is 1.86. The van der Waals surface area contributed by atoms with E-state index in [1.807, 2.05) is 29.0 Å². The van der Waals surface area contributed by atoms with Gasteiger partial charge in [-0.3, -0.25) is 24.3 Å². The zero-order valence-corrected chi connectivity index (χ0v) is 22.2. The minimum absolute atomic E-state index is 0.124. The van der Waals surface area contributed by atoms with Gasteiger partial charge in [-0.05, 0) is 74.3 Å². The van der Waals surface area contributed by atoms with Crippen LogP contribution < -0.4 is 4.90 Å². The number of hydrogen-bond acceptors (Lipinski definition) is 4. The summed E-state index contributed by atoms with van der Waals surface area (Å²) in [6.45, 7) is 4.18. The quantitative estimate of drug-likeness (QED) is 0.565. The molecule has 3 saturated carbocycles. The third-order valence-corrected chi connectivity index (χ3v) is 8.87. The molecular formula is C31H34N4O3. The fourth-order valence-corrected chi connectivity index (χ4v) is 5.91. The summed E-state index contributed by atoms with van der Waals surface area (Å²) in [6, 6.07) is 14.4. The summed E-state index contributed by atoms with van der Waals surface area (Å²) in [6.07, 6.45) is 5.68. The second kappa shape index (κ2) is 8.52. The minimum atomic E-state index is -0.555. The lowest BCUT2D eigenvalue weighted by molar-refractivity contribution is -0.139. The SMILES string of the molecule is Cc1cc(-c2cccc(N(C)C(=O)C3CC3)c2)ccc1C1=NC2(CC2)C(=O)N1CC1CN(C(=O)C2CC2)C1. The Hall–Kier alpha value is -3.48. The molecule has 7 heteroatoms. The number of aryl methyl sites for hydroxylation is 1. The lowest BCUT2D eigenvalue weighted by Crippen LogP contribution is -2.55. The Morgan fingerprint density at radius 3 is 2.37 bits per heavy atom. The number of carbonyl (C=O) groups excluding carboxylic acids is 3. The van der Waals surface area contributed by atoms with Gasteiger partial charge in [0.15, 0.2) is 0 Å². The highest BCUT2D eigenvalue weighted by Crippen LogP contribution is 2.47. The van der Waals surface area contributed by atoms with E-state index in [1.54, 1.807) is 4.90 Å². The zero-order chi connectivity index (χ0) is 26.2. The van der Waals surface area contributed by atoms with E-state index in [-0.39, 0.29) is 23.7 Å². The average Bonchev–Trinajstić information content (AvgIpc) is 3.75. The van der Waals surface area contributed by atoms with Crippen LogP contribution in [-0.4, -0.2) is 65.6 Å². The first-order chi connectivity index (χ1) is 18.3. The first kappa shape index (κ1) is 23.6. The molecule has 7 rings (SSSR count). The molecule has 1 spiro atoms. The van der Waals surface area contributed by atoms with Crippen LogP contribution in [0.4, 0.5) is 5.69 Å². The van der Waals surface area contributed by atoms with Crippen LogP contribution in [0.5, 0.6) is 0 Å². The van der Waals surface area contributed by atoms with Crippen molar-refractivity contribution in [1.29, 1.82) is 0 Å². The van der Waals surface area contributed by atoms with Crippen LogP contribution in [0.2, 0.25) is 0 Å². The molecule has 0 atom stereocenters. The molecule has 4 fully saturated rings. The molecule has 2 aromatic carbocycles. The number of benzene rings is 2. The standard InChI is InChI=1S/C31H34N4O3/c1-19-14-24(23-4-3-5-25(15-23)33(2)28(36)21-6-7-21)10-11-26(19)27-32-31(12-13-31)30(38)35(27)18-20-16-34(17-20)29(37)22-8-9-22/h3-5,10-11,14-15,20-22H,6-9,12-13,16-18H2,1-2H3. The molecule has 0 N–H and O–H groups in total. The van der Waals surface area contributed by atoms with Gasteiger partial charge < -0.3 is 9.80 Å². The monoisotopic (exact) mass is 510 g/mol. The Morgan fingerprint density at radius 2 is 1.71 bits per heavy atom. The summed E-state index contributed by atoms with van der Waals surface area (Å²) in [4.78, 5) is 48.9. The van der Waals surface area contributed by atoms with Crippen molar-refractivity contribution in [2.24, 2.45) is 22.7 Å². The highest BCUT2D eigenvalue weighted by molar-refractivity contribution is 6.17. The maximum absolute atomic E-state index is 13.4. The van der Waals surface area contributed by atoms with Crippen molar-refractivity contribution < 1.29 is 14.4 Å². The van der Waals surface area contributed by atoms with Crippen molar-refractivity contribution in [2.45, 2.75) is 51.0 Å². The van der Waals surface area contributed by atoms with E-state index in [1.165, 1.54) is 0 Å². The maximum Gasteiger partial charge on any atom is 0.256 e. The lowest BCUT2D eigenvalue weighted by atomic mass is 9.96. The highest BCUT2D eigenvalue weighted by atomic mass is 16.2. The Kier molecular flexibility index (Phi) is 5.29. The third-order valence-electron chi connectivity index (χ3n) is 8.87. The number of rotatable bonds is 7. The van der Waals surface area contributed by atoms with Gasteiger partial charge in [0.25, 0.3) is 5.91 Å². The average molecular weight is 511 g/mol. The van der Waals surface area contributed by atoms with Gasteiger partial charge >= 0.3 is 0 Å². The van der Waals surface area contributed by atoms with Gasteiger partial charge in [0.2, 0.25) is 11.8 Å². The molecule has 196 valence electrons. The normalized spacial score (nSPS) is 21.9. The molecule has 0 unspecified atom stereocenters. The number of aliphatic imine (C=N–C) groups is 1. The Balaban J connectivity index is 1.11. The van der Waals surface area contributed by atoms with Crippen molar-refractivity contribution in [3.05, 3.63) is 53.6 Å². The molecule has 2 aliphatic heterocycles. The lowest BCUT2D eigenvalue weighted by Gasteiger charge is -2.41. The number of carbonyl (C=O) groups is 3. The third kappa shape index (κ3) is 4.03. The maximum atomic E-state index is 13.4. The van der Waals surface area contributed by atoms with E-state index in [9.17, 15) is 14.4 Å². The van der Waals surface area contributed by atoms with Crippen LogP contribution in [0.15, 0.2) is 47.5 Å². The van der Waals surface area contributed by atoms with Crippen molar-refractivity contribution in [1.82, 2.24) is 9.80 Å². The first-order valence-electron chi connectivity index (χ1n) is 14.0. The minimum Gasteiger partial charge on any atom is -0.342 e. The Morgan fingerprint density at radius 1 is 1.00 bits per heavy atom. The molecular weight excluding hydrogens is 476 g/mol. The topological polar surface area (TPSA) is 73.3 Å². The van der Waals surface area contributed by atoms with Gasteiger partial charge in [0.1, 0.15) is 11.4 Å². The molecule has 7 nitrogen and oxygen atoms in total. The van der Waals surface area contributed by atoms with Gasteiger partial charge in [-0.25, -0.2) is 0 Å². The summed E-state index contributed by atoms with van der Waals surface area (Å²) < 4.78 is 0. The Bertz CT molecular complexity index is 1380. The zero-order valence-electron chi connectivity index (χ0n) is 22.2. The number of amides is 3. The summed E-state index contributed by atoms with van der Waals surface area (Å²) >= 11 is 0. The van der Waals surface area contributed by atoms with Gasteiger partial charge in [0.05, 0.1) is 0 Å². The van der Waals surface area contributed by atoms with Gasteiger partial charge in [-0.1, -0.05) is 30.3 Å². The molecule has 0 aromatic heterocycles. The van der Waals surface area contributed by atoms with Crippen LogP contribution in [0.1, 0.15) is 49.7 Å². The van der Waals surface area contributed by atoms with Crippen molar-refractivity contribution in [2.75, 3.05) is 31.6 Å². The number of amidine groups is 1. The molecule has 2 aromatic rings. The predicted molar refractivity (Wildman–Crippen MR) is 146 cm³/mol. The molecule has 1 saturated heterocycles. The number of anilines is 1. The molecule has 3 amide bonds. The summed E-state index contributed by atoms with van der Waals surface area (Å²) in [5.74, 6) is 2.12. The van der Waals surface area contributed by atoms with Crippen LogP contribution in [0.25, 0.3) is 11.1 Å². The van der Waals surface area contributed by atoms with Crippen molar-refractivity contribution >= 4 is 29.2 Å². The van der Waals surface area contributed by atoms with Crippen LogP contribution in [-0.2, 0) is 14.4 Å². The van der Waals surface area contributed by atoms with E-state index in [0.717, 1.165) is 85.4 Å². The molecule has 2 heterocycles. The van der Waals surface area contributed by atoms with E-state index in [0.29, 0.717) is 18.4 Å². The summed E-state index contributed by atoms with van der Waals surface area (Å²) in [5.41, 5.74) is 4.55. The van der Waals surface area contributed by atoms with E-state index < -0.39 is 5.54 Å².